The van der Waals surface area contributed by atoms with Crippen molar-refractivity contribution in [1.82, 2.24) is 0 Å². The second-order valence-electron chi connectivity index (χ2n) is 5.14. The molecule has 1 fully saturated rings. The van der Waals surface area contributed by atoms with Gasteiger partial charge in [0, 0.05) is 0 Å². The van der Waals surface area contributed by atoms with E-state index in [-0.39, 0.29) is 5.41 Å². The molecular weight excluding hydrogens is 218 g/mol. The van der Waals surface area contributed by atoms with E-state index in [1.165, 1.54) is 22.3 Å². The Balaban J connectivity index is 1.95. The predicted molar refractivity (Wildman–Crippen MR) is 73.1 cm³/mol. The molecule has 18 heavy (non-hydrogen) atoms. The van der Waals surface area contributed by atoms with Gasteiger partial charge in [-0.15, -0.1) is 0 Å². The van der Waals surface area contributed by atoms with E-state index in [0.29, 0.717) is 0 Å². The molecule has 0 saturated heterocycles. The molecule has 2 aromatic rings. The van der Waals surface area contributed by atoms with Crippen LogP contribution < -0.4 is 0 Å². The maximum absolute atomic E-state index is 9.18. The van der Waals surface area contributed by atoms with Gasteiger partial charge in [-0.2, -0.15) is 5.26 Å². The van der Waals surface area contributed by atoms with Crippen molar-refractivity contribution in [2.45, 2.75) is 25.2 Å². The summed E-state index contributed by atoms with van der Waals surface area (Å²) in [5.74, 6) is 0. The number of hydrogen-bond acceptors (Lipinski definition) is 1. The summed E-state index contributed by atoms with van der Waals surface area (Å²) < 4.78 is 0. The average molecular weight is 233 g/mol. The number of hydrogen-bond donors (Lipinski definition) is 0. The summed E-state index contributed by atoms with van der Waals surface area (Å²) in [5.41, 5.74) is 4.72. The molecular formula is C17H15N. The minimum Gasteiger partial charge on any atom is -0.197 e. The highest BCUT2D eigenvalue weighted by atomic mass is 14.5. The van der Waals surface area contributed by atoms with E-state index in [1.807, 2.05) is 0 Å². The first-order valence-corrected chi connectivity index (χ1v) is 6.32. The molecule has 0 spiro atoms. The molecule has 1 saturated carbocycles. The minimum atomic E-state index is -0.175. The van der Waals surface area contributed by atoms with Gasteiger partial charge in [-0.25, -0.2) is 0 Å². The Morgan fingerprint density at radius 3 is 2.28 bits per heavy atom. The molecule has 88 valence electrons. The van der Waals surface area contributed by atoms with Gasteiger partial charge in [-0.3, -0.25) is 0 Å². The van der Waals surface area contributed by atoms with E-state index in [2.05, 4.69) is 61.5 Å². The molecule has 0 aromatic heterocycles. The lowest BCUT2D eigenvalue weighted by atomic mass is 9.95. The first-order valence-electron chi connectivity index (χ1n) is 6.32. The second kappa shape index (κ2) is 3.99. The van der Waals surface area contributed by atoms with Crippen molar-refractivity contribution in [3.8, 4) is 17.2 Å². The zero-order valence-electron chi connectivity index (χ0n) is 10.5. The number of benzene rings is 2. The first-order chi connectivity index (χ1) is 8.73. The first kappa shape index (κ1) is 11.0. The van der Waals surface area contributed by atoms with Crippen LogP contribution in [0, 0.1) is 18.3 Å². The molecule has 0 aliphatic heterocycles. The van der Waals surface area contributed by atoms with Gasteiger partial charge >= 0.3 is 0 Å². The molecule has 2 aromatic carbocycles. The van der Waals surface area contributed by atoms with Crippen LogP contribution in [0.1, 0.15) is 24.0 Å². The molecule has 1 aliphatic rings. The summed E-state index contributed by atoms with van der Waals surface area (Å²) in [6, 6.07) is 19.4. The Hall–Kier alpha value is -2.07. The fourth-order valence-electron chi connectivity index (χ4n) is 2.40. The fraction of sp³-hybridized carbons (Fsp3) is 0.235. The maximum Gasteiger partial charge on any atom is 0.0823 e. The van der Waals surface area contributed by atoms with E-state index in [1.54, 1.807) is 0 Å². The summed E-state index contributed by atoms with van der Waals surface area (Å²) >= 11 is 0. The zero-order chi connectivity index (χ0) is 12.6. The predicted octanol–water partition coefficient (Wildman–Crippen LogP) is 4.22. The summed E-state index contributed by atoms with van der Waals surface area (Å²) in [6.45, 7) is 2.10. The third kappa shape index (κ3) is 1.80. The maximum atomic E-state index is 9.18. The number of rotatable bonds is 2. The Morgan fingerprint density at radius 2 is 1.72 bits per heavy atom. The van der Waals surface area contributed by atoms with Gasteiger partial charge in [-0.1, -0.05) is 54.1 Å². The van der Waals surface area contributed by atoms with Crippen LogP contribution in [0.15, 0.2) is 48.5 Å². The van der Waals surface area contributed by atoms with Crippen molar-refractivity contribution in [3.63, 3.8) is 0 Å². The molecule has 0 bridgehead atoms. The van der Waals surface area contributed by atoms with E-state index >= 15 is 0 Å². The van der Waals surface area contributed by atoms with Gasteiger partial charge in [-0.05, 0) is 36.5 Å². The van der Waals surface area contributed by atoms with Crippen LogP contribution in [0.2, 0.25) is 0 Å². The van der Waals surface area contributed by atoms with E-state index in [0.717, 1.165) is 12.8 Å². The molecule has 1 aliphatic carbocycles. The SMILES string of the molecule is Cc1cccc(-c2ccc(C3(C#N)CC3)cc2)c1. The molecule has 0 radical (unpaired) electrons. The molecule has 1 heteroatoms. The second-order valence-corrected chi connectivity index (χ2v) is 5.14. The minimum absolute atomic E-state index is 0.175. The normalized spacial score (nSPS) is 16.0. The summed E-state index contributed by atoms with van der Waals surface area (Å²) in [7, 11) is 0. The number of aryl methyl sites for hydroxylation is 1. The van der Waals surface area contributed by atoms with Crippen molar-refractivity contribution in [1.29, 1.82) is 5.26 Å². The highest BCUT2D eigenvalue weighted by molar-refractivity contribution is 5.65. The van der Waals surface area contributed by atoms with Crippen molar-refractivity contribution in [3.05, 3.63) is 59.7 Å². The van der Waals surface area contributed by atoms with Crippen molar-refractivity contribution in [2.75, 3.05) is 0 Å². The lowest BCUT2D eigenvalue weighted by Gasteiger charge is -2.08. The van der Waals surface area contributed by atoms with Gasteiger partial charge in [0.25, 0.3) is 0 Å². The van der Waals surface area contributed by atoms with Crippen LogP contribution in [0.5, 0.6) is 0 Å². The topological polar surface area (TPSA) is 23.8 Å². The zero-order valence-corrected chi connectivity index (χ0v) is 10.5. The fourth-order valence-corrected chi connectivity index (χ4v) is 2.40. The average Bonchev–Trinajstić information content (AvgIpc) is 3.20. The summed E-state index contributed by atoms with van der Waals surface area (Å²) in [5, 5.41) is 9.18. The van der Waals surface area contributed by atoms with Crippen molar-refractivity contribution < 1.29 is 0 Å². The molecule has 0 heterocycles. The summed E-state index contributed by atoms with van der Waals surface area (Å²) in [6.07, 6.45) is 2.01. The lowest BCUT2D eigenvalue weighted by Crippen LogP contribution is -2.01. The molecule has 3 rings (SSSR count). The Kier molecular flexibility index (Phi) is 2.45. The Labute approximate surface area is 108 Å². The van der Waals surface area contributed by atoms with Crippen molar-refractivity contribution >= 4 is 0 Å². The van der Waals surface area contributed by atoms with Crippen molar-refractivity contribution in [2.24, 2.45) is 0 Å². The van der Waals surface area contributed by atoms with E-state index < -0.39 is 0 Å². The highest BCUT2D eigenvalue weighted by Gasteiger charge is 2.44. The molecule has 0 unspecified atom stereocenters. The Morgan fingerprint density at radius 1 is 1.00 bits per heavy atom. The third-order valence-electron chi connectivity index (χ3n) is 3.75. The number of nitrogens with zero attached hydrogens (tertiary/aromatic N) is 1. The molecule has 0 amide bonds. The van der Waals surface area contributed by atoms with Gasteiger partial charge < -0.3 is 0 Å². The highest BCUT2D eigenvalue weighted by Crippen LogP contribution is 2.47. The molecule has 0 N–H and O–H groups in total. The third-order valence-corrected chi connectivity index (χ3v) is 3.75. The largest absolute Gasteiger partial charge is 0.197 e. The van der Waals surface area contributed by atoms with Gasteiger partial charge in [0.05, 0.1) is 11.5 Å². The number of nitriles is 1. The van der Waals surface area contributed by atoms with Gasteiger partial charge in [0.2, 0.25) is 0 Å². The van der Waals surface area contributed by atoms with E-state index in [9.17, 15) is 5.26 Å². The molecule has 1 nitrogen and oxygen atoms in total. The van der Waals surface area contributed by atoms with Crippen LogP contribution in [0.3, 0.4) is 0 Å². The smallest absolute Gasteiger partial charge is 0.0823 e. The lowest BCUT2D eigenvalue weighted by molar-refractivity contribution is 0.909. The van der Waals surface area contributed by atoms with Crippen LogP contribution in [0.25, 0.3) is 11.1 Å². The Bertz CT molecular complexity index is 613. The monoisotopic (exact) mass is 233 g/mol. The standard InChI is InChI=1S/C17H15N/c1-13-3-2-4-15(11-13)14-5-7-16(8-6-14)17(12-18)9-10-17/h2-8,11H,9-10H2,1H3. The van der Waals surface area contributed by atoms with Gasteiger partial charge in [0.15, 0.2) is 0 Å². The van der Waals surface area contributed by atoms with E-state index in [4.69, 9.17) is 0 Å². The van der Waals surface area contributed by atoms with Gasteiger partial charge in [0.1, 0.15) is 0 Å². The molecule has 0 atom stereocenters. The van der Waals surface area contributed by atoms with Crippen LogP contribution >= 0.6 is 0 Å². The summed E-state index contributed by atoms with van der Waals surface area (Å²) in [4.78, 5) is 0. The van der Waals surface area contributed by atoms with Crippen LogP contribution in [-0.2, 0) is 5.41 Å². The quantitative estimate of drug-likeness (QED) is 0.762. The van der Waals surface area contributed by atoms with Crippen LogP contribution in [-0.4, -0.2) is 0 Å². The van der Waals surface area contributed by atoms with Crippen LogP contribution in [0.4, 0.5) is 0 Å².